The Labute approximate surface area is 188 Å². The van der Waals surface area contributed by atoms with Crippen molar-refractivity contribution in [3.63, 3.8) is 0 Å². The Balaban J connectivity index is 0.00000392. The summed E-state index contributed by atoms with van der Waals surface area (Å²) in [5.41, 5.74) is 1.87. The van der Waals surface area contributed by atoms with Gasteiger partial charge in [-0.2, -0.15) is 0 Å². The fourth-order valence-electron chi connectivity index (χ4n) is 2.42. The third-order valence-corrected chi connectivity index (χ3v) is 4.01. The van der Waals surface area contributed by atoms with Crippen LogP contribution in [0.25, 0.3) is 0 Å². The summed E-state index contributed by atoms with van der Waals surface area (Å²) in [7, 11) is 5.03. The van der Waals surface area contributed by atoms with Gasteiger partial charge in [-0.3, -0.25) is 4.99 Å². The van der Waals surface area contributed by atoms with E-state index in [1.54, 1.807) is 27.3 Å². The number of hydrogen-bond acceptors (Lipinski definition) is 4. The molecule has 28 heavy (non-hydrogen) atoms. The standard InChI is InChI=1S/C20H26ClN3O3.HI/c1-22-20(23-14-15-8-9-16(21)12-19(15)26-3)24-17-6-4-7-18(13-17)27-11-5-10-25-2;/h4,6-9,12-13H,5,10-11,14H2,1-3H3,(H2,22,23,24);1H. The molecule has 0 aromatic heterocycles. The lowest BCUT2D eigenvalue weighted by Gasteiger charge is -2.15. The molecule has 0 spiro atoms. The van der Waals surface area contributed by atoms with E-state index in [1.807, 2.05) is 36.4 Å². The Morgan fingerprint density at radius 3 is 2.64 bits per heavy atom. The molecule has 0 unspecified atom stereocenters. The molecule has 0 atom stereocenters. The molecule has 0 radical (unpaired) electrons. The molecular formula is C20H27ClIN3O3. The Hall–Kier alpha value is -1.71. The summed E-state index contributed by atoms with van der Waals surface area (Å²) in [6.45, 7) is 1.84. The average Bonchev–Trinajstić information content (AvgIpc) is 2.69. The second-order valence-electron chi connectivity index (χ2n) is 5.73. The highest BCUT2D eigenvalue weighted by Gasteiger charge is 2.06. The van der Waals surface area contributed by atoms with Gasteiger partial charge in [0.1, 0.15) is 11.5 Å². The van der Waals surface area contributed by atoms with Gasteiger partial charge in [-0.05, 0) is 24.3 Å². The first-order chi connectivity index (χ1) is 13.2. The number of rotatable bonds is 9. The van der Waals surface area contributed by atoms with Crippen LogP contribution in [0.5, 0.6) is 11.5 Å². The lowest BCUT2D eigenvalue weighted by molar-refractivity contribution is 0.172. The molecule has 0 heterocycles. The molecule has 2 rings (SSSR count). The van der Waals surface area contributed by atoms with Gasteiger partial charge in [-0.25, -0.2) is 0 Å². The summed E-state index contributed by atoms with van der Waals surface area (Å²) in [6, 6.07) is 13.3. The van der Waals surface area contributed by atoms with E-state index in [1.165, 1.54) is 0 Å². The molecule has 0 aliphatic heterocycles. The van der Waals surface area contributed by atoms with Crippen molar-refractivity contribution in [3.05, 3.63) is 53.1 Å². The second-order valence-corrected chi connectivity index (χ2v) is 6.17. The van der Waals surface area contributed by atoms with Gasteiger partial charge >= 0.3 is 0 Å². The zero-order chi connectivity index (χ0) is 19.5. The molecule has 0 aliphatic rings. The van der Waals surface area contributed by atoms with Crippen LogP contribution in [0, 0.1) is 0 Å². The van der Waals surface area contributed by atoms with Crippen molar-refractivity contribution < 1.29 is 14.2 Å². The molecule has 0 bridgehead atoms. The number of anilines is 1. The van der Waals surface area contributed by atoms with E-state index in [4.69, 9.17) is 25.8 Å². The number of nitrogens with zero attached hydrogens (tertiary/aromatic N) is 1. The minimum absolute atomic E-state index is 0. The number of nitrogens with one attached hydrogen (secondary N) is 2. The highest BCUT2D eigenvalue weighted by atomic mass is 127. The molecular weight excluding hydrogens is 493 g/mol. The first kappa shape index (κ1) is 24.3. The number of aliphatic imine (C=N–C) groups is 1. The lowest BCUT2D eigenvalue weighted by Crippen LogP contribution is -2.30. The molecule has 154 valence electrons. The SMILES string of the molecule is CN=C(NCc1ccc(Cl)cc1OC)Nc1cccc(OCCCOC)c1.I. The fraction of sp³-hybridized carbons (Fsp3) is 0.350. The third-order valence-electron chi connectivity index (χ3n) is 3.78. The highest BCUT2D eigenvalue weighted by molar-refractivity contribution is 14.0. The topological polar surface area (TPSA) is 64.1 Å². The predicted molar refractivity (Wildman–Crippen MR) is 126 cm³/mol. The summed E-state index contributed by atoms with van der Waals surface area (Å²) in [5, 5.41) is 7.16. The normalized spacial score (nSPS) is 10.8. The summed E-state index contributed by atoms with van der Waals surface area (Å²) in [4.78, 5) is 4.26. The zero-order valence-corrected chi connectivity index (χ0v) is 19.4. The number of ether oxygens (including phenoxy) is 3. The molecule has 0 saturated carbocycles. The maximum Gasteiger partial charge on any atom is 0.195 e. The van der Waals surface area contributed by atoms with E-state index in [2.05, 4.69) is 15.6 Å². The Morgan fingerprint density at radius 2 is 1.93 bits per heavy atom. The van der Waals surface area contributed by atoms with E-state index in [-0.39, 0.29) is 24.0 Å². The molecule has 2 N–H and O–H groups in total. The van der Waals surface area contributed by atoms with Crippen LogP contribution < -0.4 is 20.1 Å². The van der Waals surface area contributed by atoms with Crippen molar-refractivity contribution in [1.82, 2.24) is 5.32 Å². The summed E-state index contributed by atoms with van der Waals surface area (Å²) >= 11 is 6.01. The smallest absolute Gasteiger partial charge is 0.195 e. The maximum atomic E-state index is 6.01. The number of benzene rings is 2. The van der Waals surface area contributed by atoms with E-state index in [0.29, 0.717) is 30.7 Å². The molecule has 0 saturated heterocycles. The van der Waals surface area contributed by atoms with E-state index < -0.39 is 0 Å². The van der Waals surface area contributed by atoms with Crippen molar-refractivity contribution in [1.29, 1.82) is 0 Å². The molecule has 0 fully saturated rings. The van der Waals surface area contributed by atoms with E-state index in [9.17, 15) is 0 Å². The summed E-state index contributed by atoms with van der Waals surface area (Å²) in [6.07, 6.45) is 0.848. The van der Waals surface area contributed by atoms with Crippen LogP contribution in [0.15, 0.2) is 47.5 Å². The van der Waals surface area contributed by atoms with Crippen LogP contribution in [0.4, 0.5) is 5.69 Å². The number of hydrogen-bond donors (Lipinski definition) is 2. The number of methoxy groups -OCH3 is 2. The molecule has 2 aromatic rings. The summed E-state index contributed by atoms with van der Waals surface area (Å²) < 4.78 is 16.1. The van der Waals surface area contributed by atoms with Crippen LogP contribution in [-0.4, -0.2) is 40.4 Å². The predicted octanol–water partition coefficient (Wildman–Crippen LogP) is 4.57. The van der Waals surface area contributed by atoms with Crippen LogP contribution in [0.1, 0.15) is 12.0 Å². The average molecular weight is 520 g/mol. The van der Waals surface area contributed by atoms with Crippen molar-refractivity contribution in [2.75, 3.05) is 39.8 Å². The largest absolute Gasteiger partial charge is 0.496 e. The van der Waals surface area contributed by atoms with Gasteiger partial charge in [0.05, 0.1) is 13.7 Å². The van der Waals surface area contributed by atoms with Crippen molar-refractivity contribution >= 4 is 47.2 Å². The van der Waals surface area contributed by atoms with Gasteiger partial charge in [0.2, 0.25) is 0 Å². The monoisotopic (exact) mass is 519 g/mol. The number of guanidine groups is 1. The Kier molecular flexibility index (Phi) is 11.7. The molecule has 6 nitrogen and oxygen atoms in total. The minimum atomic E-state index is 0. The van der Waals surface area contributed by atoms with Crippen LogP contribution in [-0.2, 0) is 11.3 Å². The Bertz CT molecular complexity index is 759. The van der Waals surface area contributed by atoms with E-state index in [0.717, 1.165) is 29.2 Å². The molecule has 2 aromatic carbocycles. The van der Waals surface area contributed by atoms with Gasteiger partial charge in [0.25, 0.3) is 0 Å². The first-order valence-electron chi connectivity index (χ1n) is 8.68. The zero-order valence-electron chi connectivity index (χ0n) is 16.3. The highest BCUT2D eigenvalue weighted by Crippen LogP contribution is 2.23. The summed E-state index contributed by atoms with van der Waals surface area (Å²) in [5.74, 6) is 2.17. The molecule has 0 amide bonds. The quantitative estimate of drug-likeness (QED) is 0.220. The van der Waals surface area contributed by atoms with Gasteiger partial charge in [-0.15, -0.1) is 24.0 Å². The molecule has 0 aliphatic carbocycles. The molecule has 8 heteroatoms. The van der Waals surface area contributed by atoms with Crippen molar-refractivity contribution in [3.8, 4) is 11.5 Å². The van der Waals surface area contributed by atoms with Gasteiger partial charge in [0.15, 0.2) is 5.96 Å². The Morgan fingerprint density at radius 1 is 1.11 bits per heavy atom. The van der Waals surface area contributed by atoms with Crippen LogP contribution >= 0.6 is 35.6 Å². The van der Waals surface area contributed by atoms with Crippen LogP contribution in [0.2, 0.25) is 5.02 Å². The van der Waals surface area contributed by atoms with Gasteiger partial charge in [-0.1, -0.05) is 23.7 Å². The number of halogens is 2. The second kappa shape index (κ2) is 13.5. The van der Waals surface area contributed by atoms with Gasteiger partial charge in [0, 0.05) is 56.1 Å². The fourth-order valence-corrected chi connectivity index (χ4v) is 2.58. The van der Waals surface area contributed by atoms with Crippen molar-refractivity contribution in [2.24, 2.45) is 4.99 Å². The maximum absolute atomic E-state index is 6.01. The first-order valence-corrected chi connectivity index (χ1v) is 9.06. The van der Waals surface area contributed by atoms with Gasteiger partial charge < -0.3 is 24.8 Å². The lowest BCUT2D eigenvalue weighted by atomic mass is 10.2. The minimum Gasteiger partial charge on any atom is -0.496 e. The van der Waals surface area contributed by atoms with Crippen LogP contribution in [0.3, 0.4) is 0 Å². The third kappa shape index (κ3) is 8.12. The van der Waals surface area contributed by atoms with Crippen molar-refractivity contribution in [2.45, 2.75) is 13.0 Å². The van der Waals surface area contributed by atoms with E-state index >= 15 is 0 Å².